The highest BCUT2D eigenvalue weighted by atomic mass is 16.6. The zero-order valence-electron chi connectivity index (χ0n) is 15.8. The van der Waals surface area contributed by atoms with E-state index in [0.717, 1.165) is 24.8 Å². The van der Waals surface area contributed by atoms with E-state index < -0.39 is 29.6 Å². The SMILES string of the molecule is CC(C)(C)OC(=O)N1C([C@H](O)/C2=C/CCCCCC2)COC1(C)C. The van der Waals surface area contributed by atoms with Crippen LogP contribution in [0.1, 0.15) is 73.1 Å². The molecular formula is C19H33NO4. The number of hydrogen-bond donors (Lipinski definition) is 1. The van der Waals surface area contributed by atoms with Crippen LogP contribution in [0.3, 0.4) is 0 Å². The summed E-state index contributed by atoms with van der Waals surface area (Å²) in [4.78, 5) is 14.3. The maximum atomic E-state index is 12.7. The summed E-state index contributed by atoms with van der Waals surface area (Å²) in [6.07, 6.45) is 7.62. The highest BCUT2D eigenvalue weighted by Crippen LogP contribution is 2.34. The molecule has 0 radical (unpaired) electrons. The van der Waals surface area contributed by atoms with Crippen LogP contribution in [0.4, 0.5) is 4.79 Å². The standard InChI is InChI=1S/C19H33NO4/c1-18(2,3)24-17(22)20-15(13-23-19(20,4)5)16(21)14-11-9-7-6-8-10-12-14/h11,15-16,21H,6-10,12-13H2,1-5H3/b14-11+/t15?,16-/m1/s1. The fourth-order valence-corrected chi connectivity index (χ4v) is 3.46. The summed E-state index contributed by atoms with van der Waals surface area (Å²) < 4.78 is 11.4. The quantitative estimate of drug-likeness (QED) is 0.773. The normalized spacial score (nSPS) is 28.5. The second-order valence-electron chi connectivity index (χ2n) is 8.35. The van der Waals surface area contributed by atoms with E-state index in [-0.39, 0.29) is 0 Å². The lowest BCUT2D eigenvalue weighted by atomic mass is 9.92. The van der Waals surface area contributed by atoms with Gasteiger partial charge in [-0.25, -0.2) is 4.79 Å². The van der Waals surface area contributed by atoms with E-state index in [1.807, 2.05) is 34.6 Å². The van der Waals surface area contributed by atoms with Crippen molar-refractivity contribution in [1.29, 1.82) is 0 Å². The van der Waals surface area contributed by atoms with E-state index in [2.05, 4.69) is 6.08 Å². The molecule has 2 aliphatic rings. The van der Waals surface area contributed by atoms with Crippen molar-refractivity contribution in [2.75, 3.05) is 6.61 Å². The number of hydrogen-bond acceptors (Lipinski definition) is 4. The molecule has 2 rings (SSSR count). The summed E-state index contributed by atoms with van der Waals surface area (Å²) in [6, 6.07) is -0.402. The molecule has 0 bridgehead atoms. The second-order valence-corrected chi connectivity index (χ2v) is 8.35. The van der Waals surface area contributed by atoms with E-state index in [4.69, 9.17) is 9.47 Å². The molecule has 1 N–H and O–H groups in total. The van der Waals surface area contributed by atoms with Crippen molar-refractivity contribution in [2.45, 2.75) is 96.6 Å². The molecular weight excluding hydrogens is 306 g/mol. The van der Waals surface area contributed by atoms with Gasteiger partial charge in [0.1, 0.15) is 11.3 Å². The van der Waals surface area contributed by atoms with Crippen molar-refractivity contribution in [1.82, 2.24) is 4.90 Å². The van der Waals surface area contributed by atoms with Crippen molar-refractivity contribution in [3.8, 4) is 0 Å². The number of rotatable bonds is 2. The number of aliphatic hydroxyl groups excluding tert-OH is 1. The average Bonchev–Trinajstić information content (AvgIpc) is 2.71. The summed E-state index contributed by atoms with van der Waals surface area (Å²) in [5.41, 5.74) is -0.324. The van der Waals surface area contributed by atoms with Crippen molar-refractivity contribution in [3.63, 3.8) is 0 Å². The molecule has 1 saturated heterocycles. The van der Waals surface area contributed by atoms with Gasteiger partial charge in [0.05, 0.1) is 18.8 Å². The van der Waals surface area contributed by atoms with Crippen LogP contribution in [0, 0.1) is 0 Å². The smallest absolute Gasteiger partial charge is 0.413 e. The number of allylic oxidation sites excluding steroid dienone is 1. The molecule has 1 aliphatic carbocycles. The van der Waals surface area contributed by atoms with Gasteiger partial charge in [-0.15, -0.1) is 0 Å². The minimum Gasteiger partial charge on any atom is -0.444 e. The van der Waals surface area contributed by atoms with E-state index in [1.54, 1.807) is 4.90 Å². The molecule has 138 valence electrons. The van der Waals surface area contributed by atoms with Crippen molar-refractivity contribution in [3.05, 3.63) is 11.6 Å². The van der Waals surface area contributed by atoms with Crippen molar-refractivity contribution >= 4 is 6.09 Å². The number of nitrogens with zero attached hydrogens (tertiary/aromatic N) is 1. The summed E-state index contributed by atoms with van der Waals surface area (Å²) in [6.45, 7) is 9.55. The first-order valence-electron chi connectivity index (χ1n) is 9.15. The first kappa shape index (κ1) is 19.3. The lowest BCUT2D eigenvalue weighted by molar-refractivity contribution is -0.0665. The average molecular weight is 339 g/mol. The zero-order valence-corrected chi connectivity index (χ0v) is 15.8. The first-order chi connectivity index (χ1) is 11.1. The van der Waals surface area contributed by atoms with Crippen LogP contribution >= 0.6 is 0 Å². The molecule has 5 nitrogen and oxygen atoms in total. The minimum absolute atomic E-state index is 0.324. The Morgan fingerprint density at radius 2 is 2.00 bits per heavy atom. The predicted octanol–water partition coefficient (Wildman–Crippen LogP) is 4.00. The topological polar surface area (TPSA) is 59.0 Å². The molecule has 1 aliphatic heterocycles. The third kappa shape index (κ3) is 4.73. The molecule has 1 amide bonds. The Kier molecular flexibility index (Phi) is 5.97. The van der Waals surface area contributed by atoms with Gasteiger partial charge in [-0.3, -0.25) is 4.90 Å². The Labute approximate surface area is 146 Å². The van der Waals surface area contributed by atoms with Gasteiger partial charge in [0.25, 0.3) is 0 Å². The largest absolute Gasteiger partial charge is 0.444 e. The van der Waals surface area contributed by atoms with Gasteiger partial charge >= 0.3 is 6.09 Å². The number of carbonyl (C=O) groups excluding carboxylic acids is 1. The Hall–Kier alpha value is -1.07. The molecule has 5 heteroatoms. The Morgan fingerprint density at radius 1 is 1.33 bits per heavy atom. The van der Waals surface area contributed by atoms with Crippen LogP contribution in [0.2, 0.25) is 0 Å². The van der Waals surface area contributed by atoms with Gasteiger partial charge < -0.3 is 14.6 Å². The van der Waals surface area contributed by atoms with Gasteiger partial charge in [-0.2, -0.15) is 0 Å². The highest BCUT2D eigenvalue weighted by molar-refractivity contribution is 5.70. The molecule has 0 aromatic heterocycles. The number of ether oxygens (including phenoxy) is 2. The third-order valence-corrected chi connectivity index (χ3v) is 4.68. The molecule has 0 aromatic rings. The van der Waals surface area contributed by atoms with Crippen LogP contribution in [-0.2, 0) is 9.47 Å². The molecule has 2 atom stereocenters. The third-order valence-electron chi connectivity index (χ3n) is 4.68. The highest BCUT2D eigenvalue weighted by Gasteiger charge is 2.48. The molecule has 24 heavy (non-hydrogen) atoms. The Bertz CT molecular complexity index is 478. The lowest BCUT2D eigenvalue weighted by Crippen LogP contribution is -2.53. The van der Waals surface area contributed by atoms with E-state index in [9.17, 15) is 9.90 Å². The van der Waals surface area contributed by atoms with Gasteiger partial charge in [0, 0.05) is 0 Å². The van der Waals surface area contributed by atoms with Crippen molar-refractivity contribution < 1.29 is 19.4 Å². The van der Waals surface area contributed by atoms with E-state index >= 15 is 0 Å². The van der Waals surface area contributed by atoms with Gasteiger partial charge in [-0.1, -0.05) is 18.9 Å². The van der Waals surface area contributed by atoms with E-state index in [1.165, 1.54) is 19.3 Å². The van der Waals surface area contributed by atoms with Crippen LogP contribution in [0.5, 0.6) is 0 Å². The molecule has 1 fully saturated rings. The van der Waals surface area contributed by atoms with Crippen LogP contribution in [-0.4, -0.2) is 46.2 Å². The minimum atomic E-state index is -0.782. The van der Waals surface area contributed by atoms with Crippen LogP contribution in [0.25, 0.3) is 0 Å². The summed E-state index contributed by atoms with van der Waals surface area (Å²) >= 11 is 0. The van der Waals surface area contributed by atoms with Crippen molar-refractivity contribution in [2.24, 2.45) is 0 Å². The summed E-state index contributed by atoms with van der Waals surface area (Å²) in [5.74, 6) is 0. The summed E-state index contributed by atoms with van der Waals surface area (Å²) in [5, 5.41) is 10.9. The monoisotopic (exact) mass is 339 g/mol. The van der Waals surface area contributed by atoms with Crippen LogP contribution < -0.4 is 0 Å². The summed E-state index contributed by atoms with van der Waals surface area (Å²) in [7, 11) is 0. The van der Waals surface area contributed by atoms with Gasteiger partial charge in [0.15, 0.2) is 0 Å². The Balaban J connectivity index is 2.18. The lowest BCUT2D eigenvalue weighted by Gasteiger charge is -2.37. The maximum Gasteiger partial charge on any atom is 0.413 e. The maximum absolute atomic E-state index is 12.7. The predicted molar refractivity (Wildman–Crippen MR) is 93.7 cm³/mol. The molecule has 1 heterocycles. The second kappa shape index (κ2) is 7.44. The molecule has 0 spiro atoms. The van der Waals surface area contributed by atoms with Gasteiger partial charge in [-0.05, 0) is 65.9 Å². The fourth-order valence-electron chi connectivity index (χ4n) is 3.46. The number of aliphatic hydroxyl groups is 1. The van der Waals surface area contributed by atoms with Crippen LogP contribution in [0.15, 0.2) is 11.6 Å². The zero-order chi connectivity index (χ0) is 18.0. The molecule has 1 unspecified atom stereocenters. The molecule has 0 saturated carbocycles. The first-order valence-corrected chi connectivity index (χ1v) is 9.15. The number of carbonyl (C=O) groups is 1. The number of amides is 1. The van der Waals surface area contributed by atoms with E-state index in [0.29, 0.717) is 6.61 Å². The van der Waals surface area contributed by atoms with Gasteiger partial charge in [0.2, 0.25) is 0 Å². The Morgan fingerprint density at radius 3 is 2.67 bits per heavy atom. The fraction of sp³-hybridized carbons (Fsp3) is 0.842. The molecule has 0 aromatic carbocycles.